The second-order valence-electron chi connectivity index (χ2n) is 17.0. The average Bonchev–Trinajstić information content (AvgIpc) is 3.90. The highest BCUT2D eigenvalue weighted by atomic mass is 19.1. The lowest BCUT2D eigenvalue weighted by molar-refractivity contribution is -0.172. The van der Waals surface area contributed by atoms with Gasteiger partial charge < -0.3 is 56.2 Å². The van der Waals surface area contributed by atoms with Gasteiger partial charge in [-0.25, -0.2) is 19.0 Å². The zero-order valence-corrected chi connectivity index (χ0v) is 38.0. The highest BCUT2D eigenvalue weighted by molar-refractivity contribution is 6.22. The van der Waals surface area contributed by atoms with Gasteiger partial charge in [-0.2, -0.15) is 4.90 Å². The number of nitrogens with one attached hydrogen (secondary N) is 6. The lowest BCUT2D eigenvalue weighted by Crippen LogP contribution is -2.52. The monoisotopic (exact) mass is 979 g/mol. The highest BCUT2D eigenvalue weighted by Crippen LogP contribution is 2.46. The summed E-state index contributed by atoms with van der Waals surface area (Å²) in [5.41, 5.74) is 1.08. The molecule has 2 aromatic carbocycles. The molecule has 8 N–H and O–H groups in total. The summed E-state index contributed by atoms with van der Waals surface area (Å²) in [5, 5.41) is 37.0. The van der Waals surface area contributed by atoms with E-state index in [0.29, 0.717) is 39.6 Å². The molecule has 3 aliphatic heterocycles. The molecule has 2 aromatic heterocycles. The normalized spacial score (nSPS) is 18.1. The van der Waals surface area contributed by atoms with Gasteiger partial charge in [0.2, 0.25) is 29.9 Å². The zero-order chi connectivity index (χ0) is 50.9. The van der Waals surface area contributed by atoms with Crippen molar-refractivity contribution in [3.63, 3.8) is 0 Å². The molecule has 0 unspecified atom stereocenters. The van der Waals surface area contributed by atoms with Gasteiger partial charge in [-0.05, 0) is 54.5 Å². The van der Waals surface area contributed by atoms with Gasteiger partial charge in [0.05, 0.1) is 54.7 Å². The zero-order valence-electron chi connectivity index (χ0n) is 38.0. The molecular weight excluding hydrogens is 934 g/mol. The number of hydrogen-bond acceptors (Lipinski definition) is 15. The number of rotatable bonds is 16. The Morgan fingerprint density at radius 2 is 1.59 bits per heavy atom. The first-order chi connectivity index (χ1) is 33.9. The average molecular weight is 980 g/mol. The standard InChI is InChI=1S/C47H46FN9O14/c1-3-47(69)27-14-32-40-25(19-56(32)43(65)26(27)20-70-45(47)67)39-29(10-9-24-22(2)28(48)15-30(54-40)38(24)39)55-42(64)44(66)71-21-52-34(59)16-50-41(63)31(13-23-7-5-4-6-8-23)53-35(60)18-49-33(58)17-51-46(68)57-36(61)11-12-37(57)62/h4-8,11-12,14-15,29,31,44,66,69H,3,9-10,13,16-21H2,1-2H3,(H,49,58)(H,50,63)(H,51,68)(H,52,59)(H,53,60)(H,55,64)/t29-,31-,44-,47-/m0/s1. The molecular formula is C47H46FN9O14. The van der Waals surface area contributed by atoms with Gasteiger partial charge >= 0.3 is 12.0 Å². The number of aryl methyl sites for hydroxylation is 1. The van der Waals surface area contributed by atoms with Gasteiger partial charge in [-0.15, -0.1) is 0 Å². The summed E-state index contributed by atoms with van der Waals surface area (Å²) >= 11 is 0. The molecule has 1 aliphatic carbocycles. The van der Waals surface area contributed by atoms with Crippen molar-refractivity contribution in [1.29, 1.82) is 0 Å². The third-order valence-corrected chi connectivity index (χ3v) is 12.6. The number of fused-ring (bicyclic) bond motifs is 5. The number of urea groups is 1. The first kappa shape index (κ1) is 49.2. The van der Waals surface area contributed by atoms with Crippen molar-refractivity contribution >= 4 is 64.3 Å². The number of esters is 1. The molecule has 0 saturated heterocycles. The first-order valence-corrected chi connectivity index (χ1v) is 22.3. The van der Waals surface area contributed by atoms with Crippen LogP contribution in [0.2, 0.25) is 0 Å². The van der Waals surface area contributed by atoms with Crippen molar-refractivity contribution in [2.75, 3.05) is 26.4 Å². The molecule has 5 heterocycles. The predicted molar refractivity (Wildman–Crippen MR) is 241 cm³/mol. The van der Waals surface area contributed by atoms with E-state index in [0.717, 1.165) is 12.2 Å². The summed E-state index contributed by atoms with van der Waals surface area (Å²) in [5.74, 6) is -7.48. The quantitative estimate of drug-likeness (QED) is 0.0322. The van der Waals surface area contributed by atoms with E-state index in [-0.39, 0.29) is 65.3 Å². The van der Waals surface area contributed by atoms with Gasteiger partial charge in [0.1, 0.15) is 25.2 Å². The summed E-state index contributed by atoms with van der Waals surface area (Å²) in [6.07, 6.45) is 0.0773. The summed E-state index contributed by atoms with van der Waals surface area (Å²) in [6, 6.07) is 8.08. The Hall–Kier alpha value is -8.22. The maximum atomic E-state index is 15.4. The van der Waals surface area contributed by atoms with Crippen molar-refractivity contribution in [2.45, 2.75) is 76.7 Å². The Morgan fingerprint density at radius 3 is 2.31 bits per heavy atom. The van der Waals surface area contributed by atoms with Crippen LogP contribution in [-0.2, 0) is 79.4 Å². The number of benzene rings is 2. The number of amides is 9. The Labute approximate surface area is 401 Å². The number of hydrogen-bond donors (Lipinski definition) is 8. The van der Waals surface area contributed by atoms with Gasteiger partial charge in [0.25, 0.3) is 23.3 Å². The summed E-state index contributed by atoms with van der Waals surface area (Å²) in [7, 11) is 0. The number of aliphatic hydroxyl groups is 2. The van der Waals surface area contributed by atoms with Crippen LogP contribution in [0, 0.1) is 12.7 Å². The smallest absolute Gasteiger partial charge is 0.343 e. The molecule has 0 bridgehead atoms. The third kappa shape index (κ3) is 9.71. The minimum absolute atomic E-state index is 0.0222. The van der Waals surface area contributed by atoms with Crippen molar-refractivity contribution < 1.29 is 67.2 Å². The number of aromatic nitrogens is 2. The van der Waals surface area contributed by atoms with Gasteiger partial charge in [-0.3, -0.25) is 38.4 Å². The molecule has 4 atom stereocenters. The Morgan fingerprint density at radius 1 is 0.901 bits per heavy atom. The van der Waals surface area contributed by atoms with Crippen LogP contribution in [0.5, 0.6) is 0 Å². The van der Waals surface area contributed by atoms with Gasteiger partial charge in [0.15, 0.2) is 5.60 Å². The molecule has 71 heavy (non-hydrogen) atoms. The number of cyclic esters (lactones) is 1. The van der Waals surface area contributed by atoms with Crippen molar-refractivity contribution in [3.8, 4) is 11.4 Å². The number of aliphatic hydroxyl groups excluding tert-OH is 1. The third-order valence-electron chi connectivity index (χ3n) is 12.6. The SMILES string of the molecule is CC[C@@]1(O)C(=O)OCc2c1cc1n(c2=O)Cc2c-1nc1cc(F)c(C)c3c1c2[C@@H](NC(=O)[C@@H](O)OCNC(=O)CNC(=O)[C@H](Cc1ccccc1)NC(=O)CNC(=O)CNC(=O)N1C(=O)C=CC1=O)CC3. The Balaban J connectivity index is 0.870. The topological polar surface area (TPSA) is 323 Å². The first-order valence-electron chi connectivity index (χ1n) is 22.3. The van der Waals surface area contributed by atoms with Crippen LogP contribution in [0.15, 0.2) is 59.4 Å². The minimum Gasteiger partial charge on any atom is -0.458 e. The van der Waals surface area contributed by atoms with E-state index in [1.807, 2.05) is 0 Å². The maximum Gasteiger partial charge on any atom is 0.343 e. The number of carbonyl (C=O) groups excluding carboxylic acids is 9. The number of halogens is 1. The molecule has 8 rings (SSSR count). The fraction of sp³-hybridized carbons (Fsp3) is 0.340. The van der Waals surface area contributed by atoms with Crippen molar-refractivity contribution in [2.24, 2.45) is 0 Å². The predicted octanol–water partition coefficient (Wildman–Crippen LogP) is -1.37. The molecule has 24 heteroatoms. The largest absolute Gasteiger partial charge is 0.458 e. The molecule has 0 fully saturated rings. The van der Waals surface area contributed by atoms with E-state index in [9.17, 15) is 58.2 Å². The van der Waals surface area contributed by atoms with Gasteiger partial charge in [-0.1, -0.05) is 37.3 Å². The van der Waals surface area contributed by atoms with E-state index >= 15 is 4.39 Å². The van der Waals surface area contributed by atoms with Crippen LogP contribution < -0.4 is 37.5 Å². The van der Waals surface area contributed by atoms with Crippen LogP contribution in [0.25, 0.3) is 22.3 Å². The lowest BCUT2D eigenvalue weighted by Gasteiger charge is -2.31. The number of carbonyl (C=O) groups is 9. The van der Waals surface area contributed by atoms with E-state index < -0.39 is 115 Å². The minimum atomic E-state index is -2.12. The second-order valence-corrected chi connectivity index (χ2v) is 17.0. The summed E-state index contributed by atoms with van der Waals surface area (Å²) in [4.78, 5) is 132. The summed E-state index contributed by atoms with van der Waals surface area (Å²) < 4.78 is 27.2. The molecule has 9 amide bonds. The van der Waals surface area contributed by atoms with E-state index in [2.05, 4.69) is 31.9 Å². The molecule has 23 nitrogen and oxygen atoms in total. The number of pyridine rings is 2. The fourth-order valence-corrected chi connectivity index (χ4v) is 8.95. The van der Waals surface area contributed by atoms with Crippen molar-refractivity contribution in [1.82, 2.24) is 46.4 Å². The van der Waals surface area contributed by atoms with E-state index in [4.69, 9.17) is 14.5 Å². The second kappa shape index (κ2) is 20.0. The summed E-state index contributed by atoms with van der Waals surface area (Å²) in [6.45, 7) is 0.154. The molecule has 0 spiro atoms. The molecule has 4 aromatic rings. The van der Waals surface area contributed by atoms with Crippen LogP contribution >= 0.6 is 0 Å². The Kier molecular flexibility index (Phi) is 13.9. The number of nitrogens with zero attached hydrogens (tertiary/aromatic N) is 3. The number of imide groups is 3. The molecule has 0 radical (unpaired) electrons. The molecule has 0 saturated carbocycles. The molecule has 4 aliphatic rings. The van der Waals surface area contributed by atoms with E-state index in [1.165, 1.54) is 16.7 Å². The van der Waals surface area contributed by atoms with Crippen LogP contribution in [-0.4, -0.2) is 117 Å². The van der Waals surface area contributed by atoms with Crippen LogP contribution in [0.3, 0.4) is 0 Å². The van der Waals surface area contributed by atoms with Crippen LogP contribution in [0.1, 0.15) is 64.8 Å². The maximum absolute atomic E-state index is 15.4. The number of ether oxygens (including phenoxy) is 2. The fourth-order valence-electron chi connectivity index (χ4n) is 8.95. The van der Waals surface area contributed by atoms with Crippen molar-refractivity contribution in [3.05, 3.63) is 110 Å². The highest BCUT2D eigenvalue weighted by Gasteiger charge is 2.46. The van der Waals surface area contributed by atoms with E-state index in [1.54, 1.807) is 44.2 Å². The lowest BCUT2D eigenvalue weighted by atomic mass is 9.81. The molecule has 370 valence electrons. The van der Waals surface area contributed by atoms with Gasteiger partial charge in [0, 0.05) is 41.2 Å². The van der Waals surface area contributed by atoms with Crippen LogP contribution in [0.4, 0.5) is 9.18 Å². The Bertz CT molecular complexity index is 3030.